The Labute approximate surface area is 162 Å². The summed E-state index contributed by atoms with van der Waals surface area (Å²) in [5, 5.41) is 10.8. The Balaban J connectivity index is 1.84. The standard InChI is InChI=1S/C17H11ClN2O4S2/c1-2-7-25-17-19-14(16(21)26-17)9-11-4-6-15(24-11)12-5-3-10(20(22)23)8-13(12)18/h2-6,8-9H,1,7H2/b14-9+. The van der Waals surface area contributed by atoms with E-state index in [4.69, 9.17) is 16.0 Å². The summed E-state index contributed by atoms with van der Waals surface area (Å²) in [6, 6.07) is 7.51. The molecule has 1 aromatic carbocycles. The highest BCUT2D eigenvalue weighted by Crippen LogP contribution is 2.34. The summed E-state index contributed by atoms with van der Waals surface area (Å²) in [5.74, 6) is 1.56. The molecule has 132 valence electrons. The first-order chi connectivity index (χ1) is 12.5. The number of nitro benzene ring substituents is 1. The van der Waals surface area contributed by atoms with Gasteiger partial charge in [0.1, 0.15) is 21.6 Å². The van der Waals surface area contributed by atoms with Crippen LogP contribution in [0.4, 0.5) is 5.69 Å². The minimum absolute atomic E-state index is 0.0971. The van der Waals surface area contributed by atoms with E-state index in [2.05, 4.69) is 11.6 Å². The number of aliphatic imine (C=N–C) groups is 1. The molecule has 1 aliphatic heterocycles. The maximum Gasteiger partial charge on any atom is 0.270 e. The Kier molecular flexibility index (Phi) is 5.65. The van der Waals surface area contributed by atoms with Gasteiger partial charge in [0.05, 0.1) is 9.95 Å². The molecule has 0 saturated carbocycles. The van der Waals surface area contributed by atoms with Crippen molar-refractivity contribution in [1.29, 1.82) is 0 Å². The third kappa shape index (κ3) is 4.09. The second kappa shape index (κ2) is 7.94. The molecule has 0 N–H and O–H groups in total. The number of benzene rings is 1. The van der Waals surface area contributed by atoms with E-state index in [1.54, 1.807) is 24.3 Å². The van der Waals surface area contributed by atoms with Gasteiger partial charge in [0.25, 0.3) is 5.69 Å². The minimum Gasteiger partial charge on any atom is -0.457 e. The van der Waals surface area contributed by atoms with E-state index in [9.17, 15) is 14.9 Å². The van der Waals surface area contributed by atoms with Crippen LogP contribution in [0.25, 0.3) is 17.4 Å². The lowest BCUT2D eigenvalue weighted by Crippen LogP contribution is -1.88. The van der Waals surface area contributed by atoms with Gasteiger partial charge in [-0.25, -0.2) is 4.99 Å². The number of thioether (sulfide) groups is 2. The first-order valence-corrected chi connectivity index (χ1v) is 9.46. The van der Waals surface area contributed by atoms with Crippen molar-refractivity contribution in [2.45, 2.75) is 0 Å². The zero-order chi connectivity index (χ0) is 18.7. The lowest BCUT2D eigenvalue weighted by Gasteiger charge is -2.00. The molecule has 0 fully saturated rings. The van der Waals surface area contributed by atoms with E-state index >= 15 is 0 Å². The molecule has 0 saturated heterocycles. The molecule has 0 bridgehead atoms. The largest absolute Gasteiger partial charge is 0.457 e. The van der Waals surface area contributed by atoms with E-state index in [0.717, 1.165) is 11.8 Å². The summed E-state index contributed by atoms with van der Waals surface area (Å²) >= 11 is 8.62. The van der Waals surface area contributed by atoms with Crippen molar-refractivity contribution in [2.75, 3.05) is 5.75 Å². The van der Waals surface area contributed by atoms with Crippen molar-refractivity contribution in [3.8, 4) is 11.3 Å². The molecule has 0 unspecified atom stereocenters. The molecule has 0 spiro atoms. The van der Waals surface area contributed by atoms with E-state index in [0.29, 0.717) is 32.9 Å². The second-order valence-electron chi connectivity index (χ2n) is 5.02. The van der Waals surface area contributed by atoms with Gasteiger partial charge in [-0.15, -0.1) is 6.58 Å². The summed E-state index contributed by atoms with van der Waals surface area (Å²) in [5.41, 5.74) is 0.733. The van der Waals surface area contributed by atoms with Crippen LogP contribution < -0.4 is 0 Å². The number of furan rings is 1. The van der Waals surface area contributed by atoms with Crippen molar-refractivity contribution in [3.63, 3.8) is 0 Å². The van der Waals surface area contributed by atoms with Crippen molar-refractivity contribution in [2.24, 2.45) is 4.99 Å². The molecule has 0 aliphatic carbocycles. The zero-order valence-electron chi connectivity index (χ0n) is 13.2. The summed E-state index contributed by atoms with van der Waals surface area (Å²) in [6.07, 6.45) is 3.30. The Morgan fingerprint density at radius 2 is 2.19 bits per heavy atom. The van der Waals surface area contributed by atoms with Crippen LogP contribution >= 0.6 is 35.1 Å². The zero-order valence-corrected chi connectivity index (χ0v) is 15.6. The highest BCUT2D eigenvalue weighted by Gasteiger charge is 2.22. The molecule has 1 aliphatic rings. The predicted molar refractivity (Wildman–Crippen MR) is 106 cm³/mol. The molecule has 9 heteroatoms. The maximum atomic E-state index is 12.0. The van der Waals surface area contributed by atoms with Crippen LogP contribution in [0.5, 0.6) is 0 Å². The molecule has 1 aromatic heterocycles. The fraction of sp³-hybridized carbons (Fsp3) is 0.0588. The van der Waals surface area contributed by atoms with Crippen molar-refractivity contribution < 1.29 is 14.1 Å². The van der Waals surface area contributed by atoms with Crippen molar-refractivity contribution in [1.82, 2.24) is 0 Å². The van der Waals surface area contributed by atoms with Crippen LogP contribution in [-0.4, -0.2) is 20.2 Å². The van der Waals surface area contributed by atoms with Gasteiger partial charge >= 0.3 is 0 Å². The van der Waals surface area contributed by atoms with E-state index in [1.807, 2.05) is 0 Å². The topological polar surface area (TPSA) is 85.7 Å². The average Bonchev–Trinajstić information content (AvgIpc) is 3.20. The van der Waals surface area contributed by atoms with Gasteiger partial charge in [-0.2, -0.15) is 0 Å². The summed E-state index contributed by atoms with van der Waals surface area (Å²) in [7, 11) is 0. The maximum absolute atomic E-state index is 12.0. The quantitative estimate of drug-likeness (QED) is 0.286. The Hall–Kier alpha value is -2.29. The normalized spacial score (nSPS) is 15.3. The van der Waals surface area contributed by atoms with Gasteiger partial charge in [-0.05, 0) is 30.0 Å². The van der Waals surface area contributed by atoms with Gasteiger partial charge in [-0.3, -0.25) is 14.9 Å². The van der Waals surface area contributed by atoms with Crippen LogP contribution in [0.3, 0.4) is 0 Å². The second-order valence-corrected chi connectivity index (χ2v) is 7.66. The van der Waals surface area contributed by atoms with Crippen molar-refractivity contribution >= 4 is 56.4 Å². The molecule has 2 heterocycles. The lowest BCUT2D eigenvalue weighted by molar-refractivity contribution is -0.384. The molecule has 0 radical (unpaired) electrons. The summed E-state index contributed by atoms with van der Waals surface area (Å²) in [4.78, 5) is 26.5. The number of carbonyl (C=O) groups excluding carboxylic acids is 1. The van der Waals surface area contributed by atoms with E-state index in [-0.39, 0.29) is 15.8 Å². The molecule has 26 heavy (non-hydrogen) atoms. The molecular weight excluding hydrogens is 396 g/mol. The Morgan fingerprint density at radius 1 is 1.38 bits per heavy atom. The average molecular weight is 407 g/mol. The number of non-ortho nitro benzene ring substituents is 1. The number of carbonyl (C=O) groups is 1. The number of halogens is 1. The van der Waals surface area contributed by atoms with Gasteiger partial charge in [-0.1, -0.05) is 29.4 Å². The Morgan fingerprint density at radius 3 is 2.88 bits per heavy atom. The van der Waals surface area contributed by atoms with Crippen LogP contribution in [0.1, 0.15) is 5.76 Å². The molecule has 2 aromatic rings. The van der Waals surface area contributed by atoms with Gasteiger partial charge in [0.15, 0.2) is 0 Å². The number of rotatable bonds is 5. The van der Waals surface area contributed by atoms with E-state index < -0.39 is 4.92 Å². The SMILES string of the molecule is C=CCSC1=N/C(=C/c2ccc(-c3ccc([N+](=O)[O-])cc3Cl)o2)C(=O)S1. The third-order valence-corrected chi connectivity index (χ3v) is 5.58. The summed E-state index contributed by atoms with van der Waals surface area (Å²) in [6.45, 7) is 3.63. The number of hydrogen-bond donors (Lipinski definition) is 0. The smallest absolute Gasteiger partial charge is 0.270 e. The van der Waals surface area contributed by atoms with Crippen LogP contribution in [-0.2, 0) is 4.79 Å². The van der Waals surface area contributed by atoms with Gasteiger partial charge in [0, 0.05) is 29.5 Å². The fourth-order valence-electron chi connectivity index (χ4n) is 2.11. The van der Waals surface area contributed by atoms with E-state index in [1.165, 1.54) is 30.0 Å². The molecule has 0 amide bonds. The van der Waals surface area contributed by atoms with Crippen LogP contribution in [0.2, 0.25) is 5.02 Å². The molecule has 3 rings (SSSR count). The van der Waals surface area contributed by atoms with Gasteiger partial charge < -0.3 is 4.42 Å². The number of nitrogens with zero attached hydrogens (tertiary/aromatic N) is 2. The molecule has 6 nitrogen and oxygen atoms in total. The fourth-order valence-corrected chi connectivity index (χ4v) is 3.98. The highest BCUT2D eigenvalue weighted by atomic mass is 35.5. The summed E-state index contributed by atoms with van der Waals surface area (Å²) < 4.78 is 6.37. The van der Waals surface area contributed by atoms with Crippen molar-refractivity contribution in [3.05, 3.63) is 69.6 Å². The first kappa shape index (κ1) is 18.5. The first-order valence-electron chi connectivity index (χ1n) is 7.28. The van der Waals surface area contributed by atoms with Gasteiger partial charge in [0.2, 0.25) is 5.12 Å². The Bertz CT molecular complexity index is 965. The lowest BCUT2D eigenvalue weighted by atomic mass is 10.1. The molecule has 0 atom stereocenters. The van der Waals surface area contributed by atoms with Crippen LogP contribution in [0.15, 0.2) is 58.1 Å². The monoisotopic (exact) mass is 406 g/mol. The third-order valence-electron chi connectivity index (χ3n) is 3.26. The molecular formula is C17H11ClN2O4S2. The van der Waals surface area contributed by atoms with Crippen LogP contribution in [0, 0.1) is 10.1 Å². The number of nitro groups is 1. The highest BCUT2D eigenvalue weighted by molar-refractivity contribution is 8.45. The predicted octanol–water partition coefficient (Wildman–Crippen LogP) is 5.40. The number of hydrogen-bond acceptors (Lipinski definition) is 7. The minimum atomic E-state index is -0.517.